The largest absolute Gasteiger partial charge is 0.389 e. The van der Waals surface area contributed by atoms with Gasteiger partial charge in [0.05, 0.1) is 11.3 Å². The standard InChI is InChI=1S/C14H20N2OS/c1-10-3-4-11(2)14(17,7-10)8-12-9-16-5-6-18-13(16)15-12/h5-6,9-11,17H,3-4,7-8H2,1-2H3. The van der Waals surface area contributed by atoms with Gasteiger partial charge >= 0.3 is 0 Å². The molecule has 0 radical (unpaired) electrons. The van der Waals surface area contributed by atoms with Gasteiger partial charge in [0.15, 0.2) is 4.96 Å². The Morgan fingerprint density at radius 3 is 3.11 bits per heavy atom. The average Bonchev–Trinajstić information content (AvgIpc) is 2.84. The molecule has 0 aliphatic heterocycles. The van der Waals surface area contributed by atoms with Crippen molar-refractivity contribution >= 4 is 16.3 Å². The van der Waals surface area contributed by atoms with Crippen molar-refractivity contribution in [2.45, 2.75) is 45.1 Å². The van der Waals surface area contributed by atoms with Gasteiger partial charge in [-0.15, -0.1) is 11.3 Å². The molecule has 3 rings (SSSR count). The molecule has 3 atom stereocenters. The third-order valence-electron chi connectivity index (χ3n) is 4.34. The van der Waals surface area contributed by atoms with E-state index in [2.05, 4.69) is 25.0 Å². The summed E-state index contributed by atoms with van der Waals surface area (Å²) in [6.45, 7) is 4.41. The van der Waals surface area contributed by atoms with E-state index in [9.17, 15) is 5.11 Å². The summed E-state index contributed by atoms with van der Waals surface area (Å²) in [7, 11) is 0. The molecule has 1 saturated carbocycles. The minimum Gasteiger partial charge on any atom is -0.389 e. The second-order valence-corrected chi connectivity index (χ2v) is 6.77. The van der Waals surface area contributed by atoms with Crippen LogP contribution >= 0.6 is 11.3 Å². The van der Waals surface area contributed by atoms with Gasteiger partial charge in [-0.1, -0.05) is 20.3 Å². The fraction of sp³-hybridized carbons (Fsp3) is 0.643. The molecule has 98 valence electrons. The summed E-state index contributed by atoms with van der Waals surface area (Å²) >= 11 is 1.64. The predicted octanol–water partition coefficient (Wildman–Crippen LogP) is 3.13. The van der Waals surface area contributed by atoms with Gasteiger partial charge in [0.25, 0.3) is 0 Å². The van der Waals surface area contributed by atoms with Gasteiger partial charge < -0.3 is 5.11 Å². The molecule has 0 spiro atoms. The van der Waals surface area contributed by atoms with Gasteiger partial charge in [-0.25, -0.2) is 4.98 Å². The summed E-state index contributed by atoms with van der Waals surface area (Å²) in [6, 6.07) is 0. The molecule has 18 heavy (non-hydrogen) atoms. The van der Waals surface area contributed by atoms with E-state index in [1.165, 1.54) is 6.42 Å². The van der Waals surface area contributed by atoms with Crippen LogP contribution in [0.1, 0.15) is 38.8 Å². The first-order valence-electron chi connectivity index (χ1n) is 6.70. The van der Waals surface area contributed by atoms with E-state index in [4.69, 9.17) is 0 Å². The van der Waals surface area contributed by atoms with Crippen LogP contribution in [-0.4, -0.2) is 20.1 Å². The lowest BCUT2D eigenvalue weighted by atomic mass is 9.70. The number of hydrogen-bond acceptors (Lipinski definition) is 3. The van der Waals surface area contributed by atoms with Gasteiger partial charge in [-0.3, -0.25) is 4.40 Å². The molecule has 1 N–H and O–H groups in total. The van der Waals surface area contributed by atoms with Crippen molar-refractivity contribution in [3.05, 3.63) is 23.5 Å². The Morgan fingerprint density at radius 2 is 2.33 bits per heavy atom. The Kier molecular flexibility index (Phi) is 2.94. The second-order valence-electron chi connectivity index (χ2n) is 5.89. The lowest BCUT2D eigenvalue weighted by molar-refractivity contribution is -0.0566. The van der Waals surface area contributed by atoms with Crippen LogP contribution in [0.4, 0.5) is 0 Å². The van der Waals surface area contributed by atoms with E-state index in [0.29, 0.717) is 18.3 Å². The highest BCUT2D eigenvalue weighted by atomic mass is 32.1. The normalized spacial score (nSPS) is 33.1. The molecule has 2 aromatic rings. The smallest absolute Gasteiger partial charge is 0.193 e. The Hall–Kier alpha value is -0.870. The lowest BCUT2D eigenvalue weighted by Crippen LogP contribution is -2.43. The molecule has 1 fully saturated rings. The molecule has 1 aliphatic rings. The number of nitrogens with zero attached hydrogens (tertiary/aromatic N) is 2. The van der Waals surface area contributed by atoms with Crippen molar-refractivity contribution in [3.8, 4) is 0 Å². The van der Waals surface area contributed by atoms with Crippen LogP contribution < -0.4 is 0 Å². The molecule has 0 amide bonds. The Morgan fingerprint density at radius 1 is 1.50 bits per heavy atom. The van der Waals surface area contributed by atoms with Gasteiger partial charge in [-0.2, -0.15) is 0 Å². The topological polar surface area (TPSA) is 37.5 Å². The maximum atomic E-state index is 10.9. The Balaban J connectivity index is 1.83. The van der Waals surface area contributed by atoms with Gasteiger partial charge in [0.1, 0.15) is 0 Å². The van der Waals surface area contributed by atoms with Crippen LogP contribution in [0.3, 0.4) is 0 Å². The molecule has 3 unspecified atom stereocenters. The van der Waals surface area contributed by atoms with Crippen LogP contribution in [0.15, 0.2) is 17.8 Å². The summed E-state index contributed by atoms with van der Waals surface area (Å²) in [4.78, 5) is 5.61. The molecule has 0 saturated heterocycles. The maximum Gasteiger partial charge on any atom is 0.193 e. The number of imidazole rings is 1. The third kappa shape index (κ3) is 2.08. The van der Waals surface area contributed by atoms with Crippen LogP contribution in [0.5, 0.6) is 0 Å². The fourth-order valence-electron chi connectivity index (χ4n) is 3.13. The zero-order valence-corrected chi connectivity index (χ0v) is 11.8. The first-order chi connectivity index (χ1) is 8.57. The first kappa shape index (κ1) is 12.2. The molecule has 0 bridgehead atoms. The minimum atomic E-state index is -0.568. The number of hydrogen-bond donors (Lipinski definition) is 1. The molecule has 0 aromatic carbocycles. The summed E-state index contributed by atoms with van der Waals surface area (Å²) in [5.41, 5.74) is 0.451. The van der Waals surface area contributed by atoms with E-state index in [0.717, 1.165) is 23.5 Å². The highest BCUT2D eigenvalue weighted by molar-refractivity contribution is 7.15. The molecular weight excluding hydrogens is 244 g/mol. The SMILES string of the molecule is CC1CCC(C)C(O)(Cc2cn3ccsc3n2)C1. The van der Waals surface area contributed by atoms with E-state index in [1.807, 2.05) is 16.0 Å². The van der Waals surface area contributed by atoms with Crippen molar-refractivity contribution < 1.29 is 5.11 Å². The zero-order valence-electron chi connectivity index (χ0n) is 11.0. The summed E-state index contributed by atoms with van der Waals surface area (Å²) < 4.78 is 2.04. The number of aliphatic hydroxyl groups is 1. The quantitative estimate of drug-likeness (QED) is 0.905. The number of thiazole rings is 1. The first-order valence-corrected chi connectivity index (χ1v) is 7.58. The van der Waals surface area contributed by atoms with Gasteiger partial charge in [0.2, 0.25) is 0 Å². The van der Waals surface area contributed by atoms with Crippen LogP contribution in [0, 0.1) is 11.8 Å². The van der Waals surface area contributed by atoms with E-state index in [-0.39, 0.29) is 0 Å². The minimum absolute atomic E-state index is 0.369. The monoisotopic (exact) mass is 264 g/mol. The molecular formula is C14H20N2OS. The Labute approximate surface area is 111 Å². The molecule has 4 heteroatoms. The van der Waals surface area contributed by atoms with Crippen molar-refractivity contribution in [2.24, 2.45) is 11.8 Å². The number of rotatable bonds is 2. The fourth-order valence-corrected chi connectivity index (χ4v) is 3.85. The van der Waals surface area contributed by atoms with Crippen LogP contribution in [-0.2, 0) is 6.42 Å². The highest BCUT2D eigenvalue weighted by Gasteiger charge is 2.39. The molecule has 1 aliphatic carbocycles. The number of aromatic nitrogens is 2. The van der Waals surface area contributed by atoms with Crippen molar-refractivity contribution in [1.82, 2.24) is 9.38 Å². The second kappa shape index (κ2) is 4.35. The van der Waals surface area contributed by atoms with Crippen molar-refractivity contribution in [3.63, 3.8) is 0 Å². The van der Waals surface area contributed by atoms with E-state index >= 15 is 0 Å². The Bertz CT molecular complexity index is 518. The van der Waals surface area contributed by atoms with Crippen molar-refractivity contribution in [1.29, 1.82) is 0 Å². The van der Waals surface area contributed by atoms with Crippen LogP contribution in [0.2, 0.25) is 0 Å². The molecule has 2 heterocycles. The predicted molar refractivity (Wildman–Crippen MR) is 73.9 cm³/mol. The van der Waals surface area contributed by atoms with E-state index < -0.39 is 5.60 Å². The summed E-state index contributed by atoms with van der Waals surface area (Å²) in [5, 5.41) is 12.9. The molecule has 2 aromatic heterocycles. The van der Waals surface area contributed by atoms with Gasteiger partial charge in [-0.05, 0) is 24.7 Å². The van der Waals surface area contributed by atoms with Crippen LogP contribution in [0.25, 0.3) is 4.96 Å². The third-order valence-corrected chi connectivity index (χ3v) is 5.11. The van der Waals surface area contributed by atoms with E-state index in [1.54, 1.807) is 11.3 Å². The molecule has 3 nitrogen and oxygen atoms in total. The summed E-state index contributed by atoms with van der Waals surface area (Å²) in [6.07, 6.45) is 8.02. The van der Waals surface area contributed by atoms with Gasteiger partial charge in [0, 0.05) is 24.2 Å². The lowest BCUT2D eigenvalue weighted by Gasteiger charge is -2.40. The average molecular weight is 264 g/mol. The van der Waals surface area contributed by atoms with Crippen molar-refractivity contribution in [2.75, 3.05) is 0 Å². The zero-order chi connectivity index (χ0) is 12.8. The maximum absolute atomic E-state index is 10.9. The summed E-state index contributed by atoms with van der Waals surface area (Å²) in [5.74, 6) is 0.989. The highest BCUT2D eigenvalue weighted by Crippen LogP contribution is 2.38. The number of fused-ring (bicyclic) bond motifs is 1.